The largest absolute Gasteiger partial charge is 0.465 e. The second-order valence-corrected chi connectivity index (χ2v) is 10.4. The maximum Gasteiger partial charge on any atom is 0.411 e. The summed E-state index contributed by atoms with van der Waals surface area (Å²) < 4.78 is 67.7. The molecule has 4 N–H and O–H groups in total. The zero-order valence-electron chi connectivity index (χ0n) is 23.2. The van der Waals surface area contributed by atoms with Gasteiger partial charge in [-0.15, -0.1) is 0 Å². The van der Waals surface area contributed by atoms with Gasteiger partial charge in [-0.2, -0.15) is 16.8 Å². The summed E-state index contributed by atoms with van der Waals surface area (Å²) >= 11 is 0. The highest BCUT2D eigenvalue weighted by Crippen LogP contribution is 2.16. The fourth-order valence-corrected chi connectivity index (χ4v) is 3.72. The van der Waals surface area contributed by atoms with E-state index in [9.17, 15) is 31.2 Å². The lowest BCUT2D eigenvalue weighted by molar-refractivity contribution is -0.141. The average Bonchev–Trinajstić information content (AvgIpc) is 2.94. The van der Waals surface area contributed by atoms with E-state index in [1.165, 1.54) is 48.5 Å². The van der Waals surface area contributed by atoms with Gasteiger partial charge in [0, 0.05) is 11.4 Å². The number of anilines is 2. The minimum Gasteiger partial charge on any atom is -0.465 e. The molecule has 0 saturated heterocycles. The first-order valence-corrected chi connectivity index (χ1v) is 14.7. The Bertz CT molecular complexity index is 1200. The molecule has 0 aliphatic rings. The highest BCUT2D eigenvalue weighted by Gasteiger charge is 2.13. The van der Waals surface area contributed by atoms with E-state index in [0.29, 0.717) is 18.0 Å². The number of rotatable bonds is 10. The Labute approximate surface area is 239 Å². The van der Waals surface area contributed by atoms with Crippen LogP contribution in [-0.4, -0.2) is 75.6 Å². The van der Waals surface area contributed by atoms with Gasteiger partial charge in [-0.1, -0.05) is 0 Å². The summed E-state index contributed by atoms with van der Waals surface area (Å²) in [6.07, 6.45) is -1.18. The first kappa shape index (κ1) is 37.2. The van der Waals surface area contributed by atoms with E-state index in [1.807, 2.05) is 0 Å². The van der Waals surface area contributed by atoms with Gasteiger partial charge in [-0.3, -0.25) is 23.8 Å². The van der Waals surface area contributed by atoms with Crippen LogP contribution < -0.4 is 16.4 Å². The van der Waals surface area contributed by atoms with Crippen molar-refractivity contribution in [3.05, 3.63) is 48.5 Å². The van der Waals surface area contributed by atoms with Gasteiger partial charge in [0.1, 0.15) is 0 Å². The molecule has 0 fully saturated rings. The molecular weight excluding hydrogens is 586 g/mol. The van der Waals surface area contributed by atoms with Gasteiger partial charge in [0.15, 0.2) is 0 Å². The van der Waals surface area contributed by atoms with Gasteiger partial charge >= 0.3 is 18.2 Å². The zero-order valence-corrected chi connectivity index (χ0v) is 24.9. The summed E-state index contributed by atoms with van der Waals surface area (Å²) in [6, 6.07) is 11.1. The van der Waals surface area contributed by atoms with E-state index in [2.05, 4.69) is 33.2 Å². The van der Waals surface area contributed by atoms with E-state index >= 15 is 0 Å². The number of nitrogens with two attached hydrogens (primary N) is 1. The molecule has 2 rings (SSSR count). The topological polar surface area (TPSA) is 216 Å². The monoisotopic (exact) mass is 621 g/mol. The fourth-order valence-electron chi connectivity index (χ4n) is 2.39. The molecule has 0 radical (unpaired) electrons. The predicted octanol–water partition coefficient (Wildman–Crippen LogP) is 2.69. The first-order valence-electron chi connectivity index (χ1n) is 11.8. The Hall–Kier alpha value is -3.77. The summed E-state index contributed by atoms with van der Waals surface area (Å²) in [4.78, 5) is 32.3. The van der Waals surface area contributed by atoms with Gasteiger partial charge < -0.3 is 19.9 Å². The standard InChI is InChI=1S/2C10H13NO5S.C4H9NO2/c2*1-3-16-10(12)11-8-4-6-9(7-5-8)17(13,14)15-2;1-2-7-4(6)3-5/h2*4-7H,3H2,1-2H3,(H,11,12);2-3,5H2,1H3. The predicted molar refractivity (Wildman–Crippen MR) is 148 cm³/mol. The normalized spacial score (nSPS) is 10.5. The molecule has 0 atom stereocenters. The van der Waals surface area contributed by atoms with Gasteiger partial charge in [-0.05, 0) is 69.3 Å². The van der Waals surface area contributed by atoms with E-state index in [-0.39, 0.29) is 35.5 Å². The minimum absolute atomic E-state index is 0.0200. The van der Waals surface area contributed by atoms with Gasteiger partial charge in [-0.25, -0.2) is 9.59 Å². The lowest BCUT2D eigenvalue weighted by atomic mass is 10.3. The smallest absolute Gasteiger partial charge is 0.411 e. The number of ether oxygens (including phenoxy) is 3. The molecule has 41 heavy (non-hydrogen) atoms. The van der Waals surface area contributed by atoms with Crippen LogP contribution in [0.2, 0.25) is 0 Å². The van der Waals surface area contributed by atoms with Crippen molar-refractivity contribution in [2.75, 3.05) is 51.2 Å². The van der Waals surface area contributed by atoms with Crippen LogP contribution in [0.25, 0.3) is 0 Å². The zero-order chi connectivity index (χ0) is 31.5. The van der Waals surface area contributed by atoms with Crippen molar-refractivity contribution >= 4 is 49.8 Å². The van der Waals surface area contributed by atoms with Crippen molar-refractivity contribution in [3.8, 4) is 0 Å². The summed E-state index contributed by atoms with van der Waals surface area (Å²) in [7, 11) is -5.23. The van der Waals surface area contributed by atoms with Crippen molar-refractivity contribution in [3.63, 3.8) is 0 Å². The van der Waals surface area contributed by atoms with Crippen molar-refractivity contribution in [2.45, 2.75) is 30.6 Å². The summed E-state index contributed by atoms with van der Waals surface area (Å²) in [5.41, 5.74) is 5.77. The molecular formula is C24H35N3O12S2. The van der Waals surface area contributed by atoms with Crippen LogP contribution in [0.4, 0.5) is 21.0 Å². The molecule has 17 heteroatoms. The number of hydrogen-bond donors (Lipinski definition) is 3. The van der Waals surface area contributed by atoms with E-state index in [1.54, 1.807) is 20.8 Å². The van der Waals surface area contributed by atoms with Crippen LogP contribution in [0.15, 0.2) is 58.3 Å². The molecule has 2 aromatic carbocycles. The first-order chi connectivity index (χ1) is 19.3. The van der Waals surface area contributed by atoms with E-state index in [0.717, 1.165) is 14.2 Å². The highest BCUT2D eigenvalue weighted by molar-refractivity contribution is 7.87. The lowest BCUT2D eigenvalue weighted by Gasteiger charge is -2.06. The molecule has 230 valence electrons. The quantitative estimate of drug-likeness (QED) is 0.198. The van der Waals surface area contributed by atoms with E-state index < -0.39 is 32.4 Å². The third-order valence-corrected chi connectivity index (χ3v) is 6.82. The SMILES string of the molecule is CCOC(=O)CN.CCOC(=O)Nc1ccc(S(=O)(=O)OC)cc1.CCOC(=O)Nc1ccc(S(=O)(=O)OC)cc1. The lowest BCUT2D eigenvalue weighted by Crippen LogP contribution is -2.16. The number of nitrogens with one attached hydrogen (secondary N) is 2. The van der Waals surface area contributed by atoms with Crippen molar-refractivity contribution < 1.29 is 53.8 Å². The molecule has 0 heterocycles. The van der Waals surface area contributed by atoms with Crippen LogP contribution >= 0.6 is 0 Å². The van der Waals surface area contributed by atoms with Crippen molar-refractivity contribution in [2.24, 2.45) is 5.73 Å². The highest BCUT2D eigenvalue weighted by atomic mass is 32.2. The number of carbonyl (C=O) groups is 3. The van der Waals surface area contributed by atoms with Crippen molar-refractivity contribution in [1.82, 2.24) is 0 Å². The van der Waals surface area contributed by atoms with Gasteiger partial charge in [0.25, 0.3) is 20.2 Å². The number of amides is 2. The van der Waals surface area contributed by atoms with Crippen LogP contribution in [-0.2, 0) is 47.6 Å². The van der Waals surface area contributed by atoms with Crippen LogP contribution in [0, 0.1) is 0 Å². The Morgan fingerprint density at radius 1 is 0.634 bits per heavy atom. The molecule has 2 aromatic rings. The van der Waals surface area contributed by atoms with Crippen LogP contribution in [0.5, 0.6) is 0 Å². The number of hydrogen-bond acceptors (Lipinski definition) is 13. The third-order valence-electron chi connectivity index (χ3n) is 4.24. The van der Waals surface area contributed by atoms with Crippen LogP contribution in [0.3, 0.4) is 0 Å². The third kappa shape index (κ3) is 15.0. The Morgan fingerprint density at radius 2 is 0.951 bits per heavy atom. The molecule has 0 saturated carbocycles. The fraction of sp³-hybridized carbons (Fsp3) is 0.375. The van der Waals surface area contributed by atoms with Gasteiger partial charge in [0.2, 0.25) is 0 Å². The molecule has 2 amide bonds. The maximum absolute atomic E-state index is 11.3. The second kappa shape index (κ2) is 19.3. The van der Waals surface area contributed by atoms with Crippen molar-refractivity contribution in [1.29, 1.82) is 0 Å². The average molecular weight is 622 g/mol. The molecule has 0 aliphatic heterocycles. The number of esters is 1. The molecule has 0 aliphatic carbocycles. The number of carbonyl (C=O) groups excluding carboxylic acids is 3. The maximum atomic E-state index is 11.3. The second-order valence-electron chi connectivity index (χ2n) is 6.99. The van der Waals surface area contributed by atoms with Crippen LogP contribution in [0.1, 0.15) is 20.8 Å². The summed E-state index contributed by atoms with van der Waals surface area (Å²) in [5.74, 6) is -0.345. The Morgan fingerprint density at radius 3 is 1.17 bits per heavy atom. The molecule has 0 unspecified atom stereocenters. The Balaban J connectivity index is 0.000000637. The minimum atomic E-state index is -3.70. The molecule has 0 aromatic heterocycles. The van der Waals surface area contributed by atoms with Gasteiger partial charge in [0.05, 0.1) is 50.4 Å². The molecule has 0 bridgehead atoms. The Kier molecular flexibility index (Phi) is 17.6. The summed E-state index contributed by atoms with van der Waals surface area (Å²) in [6.45, 7) is 6.04. The number of benzene rings is 2. The molecule has 15 nitrogen and oxygen atoms in total. The molecule has 0 spiro atoms. The van der Waals surface area contributed by atoms with E-state index in [4.69, 9.17) is 5.73 Å². The summed E-state index contributed by atoms with van der Waals surface area (Å²) in [5, 5.41) is 4.89.